The van der Waals surface area contributed by atoms with Gasteiger partial charge in [-0.1, -0.05) is 0 Å². The van der Waals surface area contributed by atoms with Crippen LogP contribution in [0.2, 0.25) is 0 Å². The number of hydrogen-bond donors (Lipinski definition) is 1. The number of rotatable bonds is 2. The van der Waals surface area contributed by atoms with Crippen LogP contribution in [-0.4, -0.2) is 43.6 Å². The van der Waals surface area contributed by atoms with E-state index in [0.717, 1.165) is 12.3 Å². The molecule has 0 aliphatic carbocycles. The minimum atomic E-state index is -4.54. The van der Waals surface area contributed by atoms with Gasteiger partial charge in [0.15, 0.2) is 0 Å². The molecule has 0 bridgehead atoms. The van der Waals surface area contributed by atoms with Crippen molar-refractivity contribution in [2.45, 2.75) is 25.1 Å². The molecule has 128 valence electrons. The first kappa shape index (κ1) is 16.2. The molecule has 0 radical (unpaired) electrons. The van der Waals surface area contributed by atoms with Crippen molar-refractivity contribution in [1.29, 1.82) is 0 Å². The van der Waals surface area contributed by atoms with Crippen molar-refractivity contribution in [2.75, 3.05) is 13.1 Å². The summed E-state index contributed by atoms with van der Waals surface area (Å²) in [4.78, 5) is 28.9. The van der Waals surface area contributed by atoms with Crippen molar-refractivity contribution in [2.24, 2.45) is 0 Å². The molecule has 1 fully saturated rings. The lowest BCUT2D eigenvalue weighted by molar-refractivity contribution is -0.137. The molecule has 3 rings (SSSR count). The summed E-state index contributed by atoms with van der Waals surface area (Å²) in [5.41, 5.74) is -1.36. The fraction of sp³-hybridized carbons (Fsp3) is 0.429. The average Bonchev–Trinajstić information content (AvgIpc) is 3.00. The van der Waals surface area contributed by atoms with Crippen molar-refractivity contribution >= 4 is 5.91 Å². The second-order valence-electron chi connectivity index (χ2n) is 5.55. The van der Waals surface area contributed by atoms with E-state index in [4.69, 9.17) is 0 Å². The number of alkyl halides is 3. The smallest absolute Gasteiger partial charge is 0.338 e. The van der Waals surface area contributed by atoms with E-state index in [1.807, 2.05) is 0 Å². The Kier molecular flexibility index (Phi) is 4.12. The number of H-pyrrole nitrogens is 1. The number of carbonyl (C=O) groups is 1. The molecule has 1 aliphatic rings. The Morgan fingerprint density at radius 3 is 2.54 bits per heavy atom. The van der Waals surface area contributed by atoms with Gasteiger partial charge in [-0.15, -0.1) is 0 Å². The van der Waals surface area contributed by atoms with Gasteiger partial charge in [-0.05, 0) is 18.9 Å². The number of nitrogens with zero attached hydrogens (tertiary/aromatic N) is 4. The first-order valence-corrected chi connectivity index (χ1v) is 7.29. The van der Waals surface area contributed by atoms with Crippen molar-refractivity contribution in [3.8, 4) is 0 Å². The Hall–Kier alpha value is -2.65. The molecule has 7 nitrogen and oxygen atoms in total. The van der Waals surface area contributed by atoms with Crippen LogP contribution in [0.4, 0.5) is 13.2 Å². The van der Waals surface area contributed by atoms with Gasteiger partial charge in [0.25, 0.3) is 5.91 Å². The van der Waals surface area contributed by atoms with Crippen LogP contribution in [0.15, 0.2) is 29.6 Å². The zero-order chi connectivity index (χ0) is 17.3. The minimum Gasteiger partial charge on any atom is -0.338 e. The van der Waals surface area contributed by atoms with E-state index in [1.165, 1.54) is 15.8 Å². The lowest BCUT2D eigenvalue weighted by Gasteiger charge is -2.32. The molecule has 24 heavy (non-hydrogen) atoms. The maximum absolute atomic E-state index is 12.7. The Labute approximate surface area is 134 Å². The lowest BCUT2D eigenvalue weighted by Crippen LogP contribution is -2.40. The normalized spacial score (nSPS) is 16.4. The summed E-state index contributed by atoms with van der Waals surface area (Å²) in [6, 6.07) is 0.724. The molecular weight excluding hydrogens is 327 g/mol. The Morgan fingerprint density at radius 2 is 1.96 bits per heavy atom. The van der Waals surface area contributed by atoms with Crippen molar-refractivity contribution < 1.29 is 18.0 Å². The molecule has 2 aromatic rings. The zero-order valence-electron chi connectivity index (χ0n) is 12.5. The molecule has 0 unspecified atom stereocenters. The highest BCUT2D eigenvalue weighted by Gasteiger charge is 2.32. The molecule has 2 aromatic heterocycles. The van der Waals surface area contributed by atoms with E-state index in [-0.39, 0.29) is 17.3 Å². The molecule has 10 heteroatoms. The van der Waals surface area contributed by atoms with Gasteiger partial charge in [0, 0.05) is 31.5 Å². The third kappa shape index (κ3) is 3.17. The average molecular weight is 341 g/mol. The highest BCUT2D eigenvalue weighted by atomic mass is 19.4. The van der Waals surface area contributed by atoms with Crippen LogP contribution in [0.3, 0.4) is 0 Å². The van der Waals surface area contributed by atoms with Gasteiger partial charge in [-0.2, -0.15) is 18.3 Å². The number of amides is 1. The number of halogens is 3. The Bertz CT molecular complexity index is 790. The molecule has 0 aromatic carbocycles. The second kappa shape index (κ2) is 6.10. The van der Waals surface area contributed by atoms with Crippen molar-refractivity contribution in [3.63, 3.8) is 0 Å². The SMILES string of the molecule is O=C(c1cncc(C(F)(F)F)c1)N1CCC(n2cn[nH]c2=O)CC1. The van der Waals surface area contributed by atoms with Crippen LogP contribution < -0.4 is 5.69 Å². The number of aromatic amines is 1. The van der Waals surface area contributed by atoms with E-state index < -0.39 is 17.6 Å². The van der Waals surface area contributed by atoms with Crippen LogP contribution in [0.25, 0.3) is 0 Å². The van der Waals surface area contributed by atoms with Gasteiger partial charge in [0.1, 0.15) is 6.33 Å². The molecule has 1 saturated heterocycles. The maximum Gasteiger partial charge on any atom is 0.417 e. The summed E-state index contributed by atoms with van der Waals surface area (Å²) in [5.74, 6) is -0.494. The number of aromatic nitrogens is 4. The number of piperidine rings is 1. The number of likely N-dealkylation sites (tertiary alicyclic amines) is 1. The molecule has 0 spiro atoms. The zero-order valence-corrected chi connectivity index (χ0v) is 12.5. The maximum atomic E-state index is 12.7. The van der Waals surface area contributed by atoms with Crippen LogP contribution in [0.1, 0.15) is 34.8 Å². The predicted molar refractivity (Wildman–Crippen MR) is 76.3 cm³/mol. The Balaban J connectivity index is 1.70. The van der Waals surface area contributed by atoms with Gasteiger partial charge in [-0.3, -0.25) is 14.3 Å². The summed E-state index contributed by atoms with van der Waals surface area (Å²) < 4.78 is 39.6. The third-order valence-corrected chi connectivity index (χ3v) is 4.03. The first-order chi connectivity index (χ1) is 11.4. The van der Waals surface area contributed by atoms with Crippen LogP contribution in [0, 0.1) is 0 Å². The molecule has 1 N–H and O–H groups in total. The van der Waals surface area contributed by atoms with Gasteiger partial charge in [0.2, 0.25) is 0 Å². The number of nitrogens with one attached hydrogen (secondary N) is 1. The molecule has 0 atom stereocenters. The number of hydrogen-bond acceptors (Lipinski definition) is 4. The largest absolute Gasteiger partial charge is 0.417 e. The molecule has 3 heterocycles. The highest BCUT2D eigenvalue weighted by Crippen LogP contribution is 2.29. The lowest BCUT2D eigenvalue weighted by atomic mass is 10.0. The molecular formula is C14H14F3N5O2. The molecule has 1 aliphatic heterocycles. The monoisotopic (exact) mass is 341 g/mol. The summed E-state index contributed by atoms with van der Waals surface area (Å²) in [5, 5.41) is 5.97. The summed E-state index contributed by atoms with van der Waals surface area (Å²) in [6.07, 6.45) is -0.270. The second-order valence-corrected chi connectivity index (χ2v) is 5.55. The number of carbonyl (C=O) groups excluding carboxylic acids is 1. The molecule has 0 saturated carbocycles. The van der Waals surface area contributed by atoms with Crippen molar-refractivity contribution in [3.05, 3.63) is 46.4 Å². The summed E-state index contributed by atoms with van der Waals surface area (Å²) in [7, 11) is 0. The summed E-state index contributed by atoms with van der Waals surface area (Å²) in [6.45, 7) is 0.689. The quantitative estimate of drug-likeness (QED) is 0.896. The van der Waals surface area contributed by atoms with Crippen LogP contribution >= 0.6 is 0 Å². The van der Waals surface area contributed by atoms with Gasteiger partial charge < -0.3 is 4.90 Å². The predicted octanol–water partition coefficient (Wildman–Crippen LogP) is 1.46. The van der Waals surface area contributed by atoms with Crippen molar-refractivity contribution in [1.82, 2.24) is 24.6 Å². The molecule has 1 amide bonds. The van der Waals surface area contributed by atoms with E-state index in [1.54, 1.807) is 0 Å². The van der Waals surface area contributed by atoms with Gasteiger partial charge in [0.05, 0.1) is 11.1 Å². The Morgan fingerprint density at radius 1 is 1.25 bits per heavy atom. The van der Waals surface area contributed by atoms with Gasteiger partial charge in [-0.25, -0.2) is 9.89 Å². The topological polar surface area (TPSA) is 83.9 Å². The van der Waals surface area contributed by atoms with Gasteiger partial charge >= 0.3 is 11.9 Å². The third-order valence-electron chi connectivity index (χ3n) is 4.03. The highest BCUT2D eigenvalue weighted by molar-refractivity contribution is 5.94. The van der Waals surface area contributed by atoms with E-state index in [2.05, 4.69) is 15.2 Å². The standard InChI is InChI=1S/C14H14F3N5O2/c15-14(16,17)10-5-9(6-18-7-10)12(23)21-3-1-11(2-4-21)22-8-19-20-13(22)24/h5-8,11H,1-4H2,(H,20,24). The van der Waals surface area contributed by atoms with E-state index in [9.17, 15) is 22.8 Å². The van der Waals surface area contributed by atoms with Crippen LogP contribution in [-0.2, 0) is 6.18 Å². The fourth-order valence-corrected chi connectivity index (χ4v) is 2.76. The van der Waals surface area contributed by atoms with Crippen LogP contribution in [0.5, 0.6) is 0 Å². The van der Waals surface area contributed by atoms with E-state index >= 15 is 0 Å². The fourth-order valence-electron chi connectivity index (χ4n) is 2.76. The first-order valence-electron chi connectivity index (χ1n) is 7.29. The number of pyridine rings is 1. The summed E-state index contributed by atoms with van der Waals surface area (Å²) >= 11 is 0. The van der Waals surface area contributed by atoms with E-state index in [0.29, 0.717) is 32.1 Å². The minimum absolute atomic E-state index is 0.0834.